The molecular formula is C23H23N4O2+. The first-order valence-electron chi connectivity index (χ1n) is 9.27. The molecule has 0 bridgehead atoms. The molecule has 6 heteroatoms. The molecule has 1 aliphatic rings. The smallest absolute Gasteiger partial charge is 0.170 e. The molecule has 2 heterocycles. The van der Waals surface area contributed by atoms with E-state index in [1.807, 2.05) is 89.7 Å². The minimum absolute atomic E-state index is 0.812. The Morgan fingerprint density at radius 3 is 1.90 bits per heavy atom. The largest absolute Gasteiger partial charge is 0.497 e. The van der Waals surface area contributed by atoms with Crippen molar-refractivity contribution in [2.45, 2.75) is 0 Å². The number of hydrazone groups is 1. The lowest BCUT2D eigenvalue weighted by atomic mass is 9.96. The molecular weight excluding hydrogens is 364 g/mol. The van der Waals surface area contributed by atoms with Crippen LogP contribution in [0.5, 0.6) is 11.5 Å². The number of rotatable bonds is 5. The molecule has 6 nitrogen and oxygen atoms in total. The molecule has 146 valence electrons. The normalized spacial score (nSPS) is 13.3. The molecule has 4 rings (SSSR count). The van der Waals surface area contributed by atoms with E-state index in [-0.39, 0.29) is 0 Å². The van der Waals surface area contributed by atoms with Crippen LogP contribution in [0.15, 0.2) is 84.4 Å². The van der Waals surface area contributed by atoms with Crippen molar-refractivity contribution in [3.63, 3.8) is 0 Å². The van der Waals surface area contributed by atoms with E-state index >= 15 is 0 Å². The third kappa shape index (κ3) is 3.91. The van der Waals surface area contributed by atoms with Gasteiger partial charge >= 0.3 is 0 Å². The summed E-state index contributed by atoms with van der Waals surface area (Å²) in [6.07, 6.45) is 6.06. The summed E-state index contributed by atoms with van der Waals surface area (Å²) in [4.78, 5) is 0. The van der Waals surface area contributed by atoms with E-state index in [1.165, 1.54) is 0 Å². The Bertz CT molecular complexity index is 1040. The van der Waals surface area contributed by atoms with Crippen LogP contribution in [0.25, 0.3) is 5.57 Å². The van der Waals surface area contributed by atoms with Gasteiger partial charge in [-0.05, 0) is 42.0 Å². The third-order valence-electron chi connectivity index (χ3n) is 4.79. The molecule has 1 aromatic heterocycles. The number of pyridine rings is 1. The average Bonchev–Trinajstić information content (AvgIpc) is 2.79. The molecule has 0 aliphatic carbocycles. The van der Waals surface area contributed by atoms with Crippen LogP contribution < -0.4 is 24.6 Å². The maximum absolute atomic E-state index is 5.31. The molecule has 1 N–H and O–H groups in total. The van der Waals surface area contributed by atoms with Gasteiger partial charge in [-0.1, -0.05) is 12.1 Å². The van der Waals surface area contributed by atoms with Gasteiger partial charge in [0.05, 0.1) is 19.9 Å². The molecule has 0 amide bonds. The van der Waals surface area contributed by atoms with E-state index in [2.05, 4.69) is 16.8 Å². The molecule has 0 unspecified atom stereocenters. The zero-order valence-electron chi connectivity index (χ0n) is 16.7. The van der Waals surface area contributed by atoms with Crippen molar-refractivity contribution in [3.8, 4) is 11.5 Å². The highest BCUT2D eigenvalue weighted by atomic mass is 16.5. The van der Waals surface area contributed by atoms with Crippen LogP contribution in [0.2, 0.25) is 0 Å². The van der Waals surface area contributed by atoms with Crippen LogP contribution in [0, 0.1) is 0 Å². The highest BCUT2D eigenvalue weighted by Crippen LogP contribution is 2.28. The first-order valence-corrected chi connectivity index (χ1v) is 9.27. The van der Waals surface area contributed by atoms with E-state index in [1.54, 1.807) is 14.2 Å². The maximum atomic E-state index is 5.31. The topological polar surface area (TPSA) is 50.0 Å². The minimum atomic E-state index is 0.812. The molecule has 0 saturated carbocycles. The first-order chi connectivity index (χ1) is 14.2. The van der Waals surface area contributed by atoms with Crippen molar-refractivity contribution in [1.82, 2.24) is 5.53 Å². The lowest BCUT2D eigenvalue weighted by molar-refractivity contribution is -0.671. The van der Waals surface area contributed by atoms with Crippen molar-refractivity contribution >= 4 is 17.0 Å². The Kier molecular flexibility index (Phi) is 5.16. The van der Waals surface area contributed by atoms with Crippen molar-refractivity contribution in [3.05, 3.63) is 90.4 Å². The molecule has 0 saturated heterocycles. The molecule has 0 radical (unpaired) electrons. The summed E-state index contributed by atoms with van der Waals surface area (Å²) >= 11 is 0. The van der Waals surface area contributed by atoms with E-state index in [9.17, 15) is 0 Å². The number of ether oxygens (including phenoxy) is 2. The van der Waals surface area contributed by atoms with Crippen molar-refractivity contribution < 1.29 is 14.0 Å². The Balaban J connectivity index is 1.75. The number of hydrogen-bond acceptors (Lipinski definition) is 5. The van der Waals surface area contributed by atoms with Gasteiger partial charge < -0.3 is 9.47 Å². The SMILES string of the molecule is COc1ccc(C2=CN(c3cc[n+](C)cc3)NN=C2c2ccc(OC)cc2)cc1. The molecule has 0 atom stereocenters. The van der Waals surface area contributed by atoms with E-state index < -0.39 is 0 Å². The number of methoxy groups -OCH3 is 2. The predicted molar refractivity (Wildman–Crippen MR) is 114 cm³/mol. The predicted octanol–water partition coefficient (Wildman–Crippen LogP) is 3.30. The fourth-order valence-electron chi connectivity index (χ4n) is 3.12. The number of hydrogen-bond donors (Lipinski definition) is 1. The van der Waals surface area contributed by atoms with Gasteiger partial charge in [0.2, 0.25) is 0 Å². The van der Waals surface area contributed by atoms with Crippen molar-refractivity contribution in [2.75, 3.05) is 19.2 Å². The van der Waals surface area contributed by atoms with Gasteiger partial charge in [0, 0.05) is 29.5 Å². The molecule has 0 spiro atoms. The minimum Gasteiger partial charge on any atom is -0.497 e. The van der Waals surface area contributed by atoms with Gasteiger partial charge in [0.1, 0.15) is 24.3 Å². The fraction of sp³-hybridized carbons (Fsp3) is 0.130. The molecule has 3 aromatic rings. The van der Waals surface area contributed by atoms with Crippen molar-refractivity contribution in [2.24, 2.45) is 12.1 Å². The summed E-state index contributed by atoms with van der Waals surface area (Å²) in [6.45, 7) is 0. The molecule has 29 heavy (non-hydrogen) atoms. The average molecular weight is 387 g/mol. The summed E-state index contributed by atoms with van der Waals surface area (Å²) in [5.74, 6) is 1.63. The summed E-state index contributed by atoms with van der Waals surface area (Å²) in [7, 11) is 5.32. The van der Waals surface area contributed by atoms with Gasteiger partial charge in [-0.25, -0.2) is 15.1 Å². The highest BCUT2D eigenvalue weighted by molar-refractivity contribution is 6.32. The number of nitrogens with zero attached hydrogens (tertiary/aromatic N) is 3. The summed E-state index contributed by atoms with van der Waals surface area (Å²) < 4.78 is 12.6. The fourth-order valence-corrected chi connectivity index (χ4v) is 3.12. The van der Waals surface area contributed by atoms with Gasteiger partial charge in [0.15, 0.2) is 12.4 Å². The third-order valence-corrected chi connectivity index (χ3v) is 4.79. The van der Waals surface area contributed by atoms with E-state index in [0.29, 0.717) is 0 Å². The zero-order valence-corrected chi connectivity index (χ0v) is 16.7. The Labute approximate surface area is 170 Å². The molecule has 1 aliphatic heterocycles. The number of anilines is 1. The van der Waals surface area contributed by atoms with Gasteiger partial charge in [-0.2, -0.15) is 5.10 Å². The Hall–Kier alpha value is -3.80. The standard InChI is InChI=1S/C23H23N4O2/c1-26-14-12-19(13-15-26)27-16-22(17-4-8-20(28-2)9-5-17)23(24-25-27)18-6-10-21(29-3)11-7-18/h4-16,25H,1-3H3/q+1. The number of allylic oxidation sites excluding steroid dienone is 1. The van der Waals surface area contributed by atoms with E-state index in [0.717, 1.165) is 39.6 Å². The van der Waals surface area contributed by atoms with Crippen molar-refractivity contribution in [1.29, 1.82) is 0 Å². The van der Waals surface area contributed by atoms with Crippen LogP contribution in [-0.4, -0.2) is 19.9 Å². The zero-order chi connectivity index (χ0) is 20.2. The summed E-state index contributed by atoms with van der Waals surface area (Å²) in [5, 5.41) is 6.59. The Morgan fingerprint density at radius 2 is 1.34 bits per heavy atom. The van der Waals surface area contributed by atoms with Crippen LogP contribution in [0.1, 0.15) is 11.1 Å². The second kappa shape index (κ2) is 8.06. The quantitative estimate of drug-likeness (QED) is 0.683. The maximum Gasteiger partial charge on any atom is 0.170 e. The molecule has 0 fully saturated rings. The number of benzene rings is 2. The number of aromatic nitrogens is 1. The van der Waals surface area contributed by atoms with E-state index in [4.69, 9.17) is 9.47 Å². The number of nitrogens with one attached hydrogen (secondary N) is 1. The highest BCUT2D eigenvalue weighted by Gasteiger charge is 2.20. The first kappa shape index (κ1) is 18.6. The molecule has 2 aromatic carbocycles. The van der Waals surface area contributed by atoms with Gasteiger partial charge in [-0.3, -0.25) is 0 Å². The second-order valence-electron chi connectivity index (χ2n) is 6.65. The number of hydrazine groups is 1. The Morgan fingerprint density at radius 1 is 0.793 bits per heavy atom. The van der Waals surface area contributed by atoms with Crippen LogP contribution in [0.3, 0.4) is 0 Å². The van der Waals surface area contributed by atoms with Crippen LogP contribution >= 0.6 is 0 Å². The van der Waals surface area contributed by atoms with Crippen LogP contribution in [0.4, 0.5) is 5.69 Å². The number of aryl methyl sites for hydroxylation is 1. The lowest BCUT2D eigenvalue weighted by Gasteiger charge is -2.26. The lowest BCUT2D eigenvalue weighted by Crippen LogP contribution is -2.36. The van der Waals surface area contributed by atoms with Gasteiger partial charge in [0.25, 0.3) is 0 Å². The second-order valence-corrected chi connectivity index (χ2v) is 6.65. The monoisotopic (exact) mass is 387 g/mol. The van der Waals surface area contributed by atoms with Crippen LogP contribution in [-0.2, 0) is 7.05 Å². The van der Waals surface area contributed by atoms with Gasteiger partial charge in [-0.15, -0.1) is 0 Å². The summed E-state index contributed by atoms with van der Waals surface area (Å²) in [5.41, 5.74) is 8.04. The summed E-state index contributed by atoms with van der Waals surface area (Å²) in [6, 6.07) is 19.9.